The van der Waals surface area contributed by atoms with Crippen molar-refractivity contribution < 1.29 is 13.9 Å². The van der Waals surface area contributed by atoms with Crippen LogP contribution in [-0.2, 0) is 0 Å². The van der Waals surface area contributed by atoms with Crippen molar-refractivity contribution in [2.75, 3.05) is 27.7 Å². The Balaban J connectivity index is 0.000000218. The molecule has 4 heteroatoms. The standard InChI is InChI=1S/C4H6F2O.C3H9N/c5-4(6)1-3(4)2-7;1-4(2)3/h3,7H,1-2H2;1-3H3. The molecule has 1 aliphatic carbocycles. The minimum atomic E-state index is -2.53. The summed E-state index contributed by atoms with van der Waals surface area (Å²) < 4.78 is 23.3. The summed E-state index contributed by atoms with van der Waals surface area (Å²) in [6.07, 6.45) is -0.122. The third-order valence-corrected chi connectivity index (χ3v) is 1.18. The first kappa shape index (κ1) is 10.8. The summed E-state index contributed by atoms with van der Waals surface area (Å²) in [5.41, 5.74) is 0. The van der Waals surface area contributed by atoms with Crippen LogP contribution in [0.2, 0.25) is 0 Å². The lowest BCUT2D eigenvalue weighted by molar-refractivity contribution is 0.0822. The molecule has 1 N–H and O–H groups in total. The molecule has 0 aromatic carbocycles. The zero-order valence-corrected chi connectivity index (χ0v) is 7.14. The van der Waals surface area contributed by atoms with Crippen LogP contribution in [-0.4, -0.2) is 43.7 Å². The van der Waals surface area contributed by atoms with Crippen molar-refractivity contribution >= 4 is 0 Å². The highest BCUT2D eigenvalue weighted by molar-refractivity contribution is 4.93. The molecule has 1 atom stereocenters. The van der Waals surface area contributed by atoms with Gasteiger partial charge in [-0.15, -0.1) is 0 Å². The number of hydrogen-bond donors (Lipinski definition) is 1. The van der Waals surface area contributed by atoms with Crippen LogP contribution in [0.3, 0.4) is 0 Å². The van der Waals surface area contributed by atoms with E-state index >= 15 is 0 Å². The van der Waals surface area contributed by atoms with Crippen LogP contribution in [0.25, 0.3) is 0 Å². The Hall–Kier alpha value is -0.220. The van der Waals surface area contributed by atoms with Gasteiger partial charge in [0.1, 0.15) is 0 Å². The zero-order valence-electron chi connectivity index (χ0n) is 7.14. The van der Waals surface area contributed by atoms with E-state index in [1.807, 2.05) is 26.0 Å². The molecule has 1 aliphatic rings. The van der Waals surface area contributed by atoms with Gasteiger partial charge in [-0.1, -0.05) is 0 Å². The van der Waals surface area contributed by atoms with Crippen LogP contribution in [0.15, 0.2) is 0 Å². The number of aliphatic hydroxyl groups excluding tert-OH is 1. The van der Waals surface area contributed by atoms with Gasteiger partial charge >= 0.3 is 0 Å². The van der Waals surface area contributed by atoms with Gasteiger partial charge in [0.2, 0.25) is 0 Å². The van der Waals surface area contributed by atoms with Crippen LogP contribution in [0.5, 0.6) is 0 Å². The fourth-order valence-corrected chi connectivity index (χ4v) is 0.468. The lowest BCUT2D eigenvalue weighted by atomic mass is 10.5. The van der Waals surface area contributed by atoms with Crippen molar-refractivity contribution in [3.05, 3.63) is 0 Å². The van der Waals surface area contributed by atoms with Crippen LogP contribution >= 0.6 is 0 Å². The molecule has 0 bridgehead atoms. The Morgan fingerprint density at radius 2 is 1.73 bits per heavy atom. The van der Waals surface area contributed by atoms with E-state index in [1.54, 1.807) is 0 Å². The second-order valence-corrected chi connectivity index (χ2v) is 3.19. The van der Waals surface area contributed by atoms with Gasteiger partial charge in [0, 0.05) is 6.42 Å². The molecular weight excluding hydrogens is 152 g/mol. The topological polar surface area (TPSA) is 23.5 Å². The van der Waals surface area contributed by atoms with E-state index in [9.17, 15) is 8.78 Å². The highest BCUT2D eigenvalue weighted by Crippen LogP contribution is 2.47. The maximum atomic E-state index is 11.6. The molecule has 0 heterocycles. The SMILES string of the molecule is CN(C)C.OCC1CC1(F)F. The molecule has 1 unspecified atom stereocenters. The second-order valence-electron chi connectivity index (χ2n) is 3.19. The molecule has 2 nitrogen and oxygen atoms in total. The van der Waals surface area contributed by atoms with E-state index in [0.717, 1.165) is 0 Å². The predicted octanol–water partition coefficient (Wildman–Crippen LogP) is 0.812. The zero-order chi connectivity index (χ0) is 9.07. The quantitative estimate of drug-likeness (QED) is 0.624. The smallest absolute Gasteiger partial charge is 0.253 e. The van der Waals surface area contributed by atoms with Crippen molar-refractivity contribution in [1.82, 2.24) is 4.90 Å². The van der Waals surface area contributed by atoms with Gasteiger partial charge in [0.25, 0.3) is 5.92 Å². The van der Waals surface area contributed by atoms with Gasteiger partial charge in [-0.25, -0.2) is 8.78 Å². The molecule has 1 fully saturated rings. The Morgan fingerprint density at radius 1 is 1.45 bits per heavy atom. The molecule has 68 valence electrons. The summed E-state index contributed by atoms with van der Waals surface area (Å²) in [5, 5.41) is 8.06. The summed E-state index contributed by atoms with van der Waals surface area (Å²) in [6, 6.07) is 0. The van der Waals surface area contributed by atoms with E-state index in [-0.39, 0.29) is 13.0 Å². The number of rotatable bonds is 1. The highest BCUT2D eigenvalue weighted by Gasteiger charge is 2.56. The van der Waals surface area contributed by atoms with Crippen LogP contribution in [0.1, 0.15) is 6.42 Å². The molecule has 11 heavy (non-hydrogen) atoms. The molecule has 0 radical (unpaired) electrons. The largest absolute Gasteiger partial charge is 0.396 e. The number of aliphatic hydroxyl groups is 1. The van der Waals surface area contributed by atoms with Crippen molar-refractivity contribution in [3.63, 3.8) is 0 Å². The lowest BCUT2D eigenvalue weighted by Gasteiger charge is -1.90. The summed E-state index contributed by atoms with van der Waals surface area (Å²) in [7, 11) is 6.00. The Morgan fingerprint density at radius 3 is 1.73 bits per heavy atom. The summed E-state index contributed by atoms with van der Waals surface area (Å²) in [5.74, 6) is -3.26. The van der Waals surface area contributed by atoms with E-state index in [0.29, 0.717) is 0 Å². The van der Waals surface area contributed by atoms with E-state index < -0.39 is 11.8 Å². The number of alkyl halides is 2. The normalized spacial score (nSPS) is 25.9. The second kappa shape index (κ2) is 3.97. The average molecular weight is 167 g/mol. The molecule has 1 saturated carbocycles. The molecular formula is C7H15F2NO. The first-order valence-electron chi connectivity index (χ1n) is 3.49. The summed E-state index contributed by atoms with van der Waals surface area (Å²) in [6.45, 7) is -0.368. The van der Waals surface area contributed by atoms with Gasteiger partial charge in [-0.05, 0) is 21.1 Å². The van der Waals surface area contributed by atoms with Crippen molar-refractivity contribution in [1.29, 1.82) is 0 Å². The van der Waals surface area contributed by atoms with Crippen molar-refractivity contribution in [2.45, 2.75) is 12.3 Å². The number of halogens is 2. The first-order chi connectivity index (χ1) is 4.90. The van der Waals surface area contributed by atoms with Gasteiger partial charge in [0.05, 0.1) is 12.5 Å². The van der Waals surface area contributed by atoms with Crippen molar-refractivity contribution in [3.8, 4) is 0 Å². The Bertz CT molecular complexity index is 114. The van der Waals surface area contributed by atoms with Gasteiger partial charge in [0.15, 0.2) is 0 Å². The predicted molar refractivity (Wildman–Crippen MR) is 39.8 cm³/mol. The molecule has 1 rings (SSSR count). The maximum Gasteiger partial charge on any atom is 0.253 e. The van der Waals surface area contributed by atoms with E-state index in [1.165, 1.54) is 0 Å². The first-order valence-corrected chi connectivity index (χ1v) is 3.49. The third-order valence-electron chi connectivity index (χ3n) is 1.18. The van der Waals surface area contributed by atoms with Crippen LogP contribution < -0.4 is 0 Å². The summed E-state index contributed by atoms with van der Waals surface area (Å²) >= 11 is 0. The van der Waals surface area contributed by atoms with Gasteiger partial charge in [-0.3, -0.25) is 0 Å². The third kappa shape index (κ3) is 5.09. The molecule has 0 spiro atoms. The Labute approximate surface area is 65.8 Å². The molecule has 0 aliphatic heterocycles. The molecule has 0 aromatic heterocycles. The minimum Gasteiger partial charge on any atom is -0.396 e. The van der Waals surface area contributed by atoms with Crippen molar-refractivity contribution in [2.24, 2.45) is 5.92 Å². The monoisotopic (exact) mass is 167 g/mol. The van der Waals surface area contributed by atoms with Crippen LogP contribution in [0, 0.1) is 5.92 Å². The van der Waals surface area contributed by atoms with Gasteiger partial charge < -0.3 is 10.0 Å². The average Bonchev–Trinajstić information content (AvgIpc) is 2.38. The molecule has 0 saturated heterocycles. The van der Waals surface area contributed by atoms with E-state index in [2.05, 4.69) is 0 Å². The Kier molecular flexibility index (Phi) is 3.89. The molecule has 0 amide bonds. The fourth-order valence-electron chi connectivity index (χ4n) is 0.468. The van der Waals surface area contributed by atoms with Crippen LogP contribution in [0.4, 0.5) is 8.78 Å². The maximum absolute atomic E-state index is 11.6. The lowest BCUT2D eigenvalue weighted by Crippen LogP contribution is -1.99. The highest BCUT2D eigenvalue weighted by atomic mass is 19.3. The number of hydrogen-bond acceptors (Lipinski definition) is 2. The fraction of sp³-hybridized carbons (Fsp3) is 1.00. The minimum absolute atomic E-state index is 0.122. The van der Waals surface area contributed by atoms with E-state index in [4.69, 9.17) is 5.11 Å². The van der Waals surface area contributed by atoms with Gasteiger partial charge in [-0.2, -0.15) is 0 Å². The summed E-state index contributed by atoms with van der Waals surface area (Å²) in [4.78, 5) is 2.00. The molecule has 0 aromatic rings. The number of nitrogens with zero attached hydrogens (tertiary/aromatic N) is 1.